The molecule has 1 atom stereocenters. The highest BCUT2D eigenvalue weighted by Gasteiger charge is 2.27. The van der Waals surface area contributed by atoms with Gasteiger partial charge >= 0.3 is 0 Å². The number of nitrogens with zero attached hydrogens (tertiary/aromatic N) is 1. The van der Waals surface area contributed by atoms with Gasteiger partial charge in [0.05, 0.1) is 0 Å². The fraction of sp³-hybridized carbons (Fsp3) is 0.619. The van der Waals surface area contributed by atoms with Crippen molar-refractivity contribution < 1.29 is 9.59 Å². The van der Waals surface area contributed by atoms with Crippen LogP contribution in [-0.2, 0) is 4.79 Å². The molecule has 0 spiro atoms. The van der Waals surface area contributed by atoms with Gasteiger partial charge in [-0.15, -0.1) is 12.4 Å². The van der Waals surface area contributed by atoms with E-state index in [2.05, 4.69) is 10.6 Å². The summed E-state index contributed by atoms with van der Waals surface area (Å²) in [6.45, 7) is 3.54. The highest BCUT2D eigenvalue weighted by Crippen LogP contribution is 2.22. The number of benzene rings is 1. The lowest BCUT2D eigenvalue weighted by atomic mass is 9.92. The van der Waals surface area contributed by atoms with Gasteiger partial charge < -0.3 is 15.5 Å². The molecule has 0 saturated carbocycles. The molecule has 0 aliphatic carbocycles. The van der Waals surface area contributed by atoms with E-state index in [0.717, 1.165) is 45.3 Å². The molecule has 2 amide bonds. The van der Waals surface area contributed by atoms with E-state index < -0.39 is 0 Å². The molecule has 1 aromatic rings. The van der Waals surface area contributed by atoms with Crippen LogP contribution < -0.4 is 10.6 Å². The Morgan fingerprint density at radius 2 is 1.81 bits per heavy atom. The first-order valence-corrected chi connectivity index (χ1v) is 10.1. The zero-order valence-electron chi connectivity index (χ0n) is 16.0. The van der Waals surface area contributed by atoms with Crippen LogP contribution in [0.5, 0.6) is 0 Å². The Labute approximate surface area is 168 Å². The second kappa shape index (κ2) is 11.3. The third-order valence-corrected chi connectivity index (χ3v) is 5.71. The molecule has 2 aliphatic heterocycles. The molecule has 0 bridgehead atoms. The predicted molar refractivity (Wildman–Crippen MR) is 110 cm³/mol. The molecule has 2 N–H and O–H groups in total. The first-order chi connectivity index (χ1) is 12.7. The summed E-state index contributed by atoms with van der Waals surface area (Å²) in [5, 5.41) is 6.40. The number of hydrogen-bond acceptors (Lipinski definition) is 3. The minimum absolute atomic E-state index is 0. The molecule has 2 heterocycles. The van der Waals surface area contributed by atoms with E-state index in [4.69, 9.17) is 0 Å². The highest BCUT2D eigenvalue weighted by molar-refractivity contribution is 5.94. The summed E-state index contributed by atoms with van der Waals surface area (Å²) >= 11 is 0. The van der Waals surface area contributed by atoms with Gasteiger partial charge in [-0.1, -0.05) is 18.2 Å². The Morgan fingerprint density at radius 1 is 1.07 bits per heavy atom. The summed E-state index contributed by atoms with van der Waals surface area (Å²) in [6, 6.07) is 9.41. The molecule has 27 heavy (non-hydrogen) atoms. The van der Waals surface area contributed by atoms with Crippen molar-refractivity contribution in [2.45, 2.75) is 51.0 Å². The Kier molecular flexibility index (Phi) is 9.08. The molecule has 5 nitrogen and oxygen atoms in total. The third-order valence-electron chi connectivity index (χ3n) is 5.71. The van der Waals surface area contributed by atoms with Crippen molar-refractivity contribution in [1.29, 1.82) is 0 Å². The topological polar surface area (TPSA) is 61.4 Å². The van der Waals surface area contributed by atoms with Crippen LogP contribution in [0.2, 0.25) is 0 Å². The van der Waals surface area contributed by atoms with E-state index in [1.807, 2.05) is 35.2 Å². The smallest absolute Gasteiger partial charge is 0.251 e. The quantitative estimate of drug-likeness (QED) is 0.781. The fourth-order valence-corrected chi connectivity index (χ4v) is 4.08. The lowest BCUT2D eigenvalue weighted by Gasteiger charge is -2.36. The molecule has 2 fully saturated rings. The summed E-state index contributed by atoms with van der Waals surface area (Å²) in [5.74, 6) is 0.890. The first-order valence-electron chi connectivity index (χ1n) is 10.1. The molecule has 2 aliphatic rings. The number of rotatable bonds is 6. The molecular formula is C21H32ClN3O2. The van der Waals surface area contributed by atoms with Crippen molar-refractivity contribution in [3.05, 3.63) is 35.9 Å². The van der Waals surface area contributed by atoms with Crippen LogP contribution in [0.3, 0.4) is 0 Å². The maximum absolute atomic E-state index is 12.8. The van der Waals surface area contributed by atoms with Gasteiger partial charge in [-0.2, -0.15) is 0 Å². The zero-order valence-corrected chi connectivity index (χ0v) is 16.8. The average Bonchev–Trinajstić information content (AvgIpc) is 2.72. The number of likely N-dealkylation sites (tertiary alicyclic amines) is 1. The van der Waals surface area contributed by atoms with Crippen LogP contribution in [0.15, 0.2) is 30.3 Å². The van der Waals surface area contributed by atoms with E-state index in [-0.39, 0.29) is 30.3 Å². The number of carbonyl (C=O) groups excluding carboxylic acids is 2. The van der Waals surface area contributed by atoms with Crippen LogP contribution in [0.25, 0.3) is 0 Å². The van der Waals surface area contributed by atoms with Crippen molar-refractivity contribution in [3.63, 3.8) is 0 Å². The van der Waals surface area contributed by atoms with Gasteiger partial charge in [0, 0.05) is 31.1 Å². The number of hydrogen-bond donors (Lipinski definition) is 2. The Morgan fingerprint density at radius 3 is 2.56 bits per heavy atom. The van der Waals surface area contributed by atoms with Gasteiger partial charge in [-0.05, 0) is 69.7 Å². The van der Waals surface area contributed by atoms with Crippen LogP contribution in [-0.4, -0.2) is 48.9 Å². The van der Waals surface area contributed by atoms with Crippen LogP contribution in [0.1, 0.15) is 55.3 Å². The molecule has 1 unspecified atom stereocenters. The van der Waals surface area contributed by atoms with E-state index in [1.165, 1.54) is 12.8 Å². The number of amides is 2. The van der Waals surface area contributed by atoms with Gasteiger partial charge in [0.15, 0.2) is 0 Å². The number of carbonyl (C=O) groups is 2. The third kappa shape index (κ3) is 6.51. The van der Waals surface area contributed by atoms with E-state index in [0.29, 0.717) is 24.4 Å². The summed E-state index contributed by atoms with van der Waals surface area (Å²) in [5.41, 5.74) is 0.673. The Bertz CT molecular complexity index is 590. The summed E-state index contributed by atoms with van der Waals surface area (Å²) in [4.78, 5) is 27.1. The van der Waals surface area contributed by atoms with Gasteiger partial charge in [-0.3, -0.25) is 9.59 Å². The zero-order chi connectivity index (χ0) is 18.2. The molecular weight excluding hydrogens is 362 g/mol. The molecule has 2 saturated heterocycles. The summed E-state index contributed by atoms with van der Waals surface area (Å²) in [7, 11) is 0. The highest BCUT2D eigenvalue weighted by atomic mass is 35.5. The number of nitrogens with one attached hydrogen (secondary N) is 2. The van der Waals surface area contributed by atoms with Gasteiger partial charge in [0.2, 0.25) is 5.91 Å². The first kappa shape index (κ1) is 21.7. The maximum atomic E-state index is 12.8. The standard InChI is InChI=1S/C21H31N3O2.ClH/c25-20(10-9-17-11-13-22-14-12-17)24-15-5-4-8-19(24)16-23-21(26)18-6-2-1-3-7-18;/h1-3,6-7,17,19,22H,4-5,8-16H2,(H,23,26);1H. The Hall–Kier alpha value is -1.59. The second-order valence-electron chi connectivity index (χ2n) is 7.54. The molecule has 1 aromatic carbocycles. The lowest BCUT2D eigenvalue weighted by molar-refractivity contribution is -0.135. The minimum Gasteiger partial charge on any atom is -0.350 e. The van der Waals surface area contributed by atoms with Crippen LogP contribution in [0.4, 0.5) is 0 Å². The van der Waals surface area contributed by atoms with Gasteiger partial charge in [-0.25, -0.2) is 0 Å². The SMILES string of the molecule is Cl.O=C(NCC1CCCCN1C(=O)CCC1CCNCC1)c1ccccc1. The normalized spacial score (nSPS) is 20.6. The van der Waals surface area contributed by atoms with Crippen LogP contribution >= 0.6 is 12.4 Å². The van der Waals surface area contributed by atoms with Crippen molar-refractivity contribution in [3.8, 4) is 0 Å². The van der Waals surface area contributed by atoms with E-state index >= 15 is 0 Å². The van der Waals surface area contributed by atoms with Crippen molar-refractivity contribution in [2.75, 3.05) is 26.2 Å². The van der Waals surface area contributed by atoms with Crippen LogP contribution in [0, 0.1) is 5.92 Å². The minimum atomic E-state index is -0.0571. The predicted octanol–water partition coefficient (Wildman–Crippen LogP) is 3.00. The Balaban J connectivity index is 0.00000261. The summed E-state index contributed by atoms with van der Waals surface area (Å²) < 4.78 is 0. The largest absolute Gasteiger partial charge is 0.350 e. The monoisotopic (exact) mass is 393 g/mol. The summed E-state index contributed by atoms with van der Waals surface area (Å²) in [6.07, 6.45) is 7.20. The van der Waals surface area contributed by atoms with Gasteiger partial charge in [0.25, 0.3) is 5.91 Å². The van der Waals surface area contributed by atoms with Gasteiger partial charge in [0.1, 0.15) is 0 Å². The lowest BCUT2D eigenvalue weighted by Crippen LogP contribution is -2.49. The molecule has 0 radical (unpaired) electrons. The molecule has 3 rings (SSSR count). The number of piperidine rings is 2. The number of halogens is 1. The molecule has 6 heteroatoms. The second-order valence-corrected chi connectivity index (χ2v) is 7.54. The van der Waals surface area contributed by atoms with Crippen molar-refractivity contribution in [1.82, 2.24) is 15.5 Å². The van der Waals surface area contributed by atoms with E-state index in [9.17, 15) is 9.59 Å². The van der Waals surface area contributed by atoms with Crippen molar-refractivity contribution >= 4 is 24.2 Å². The average molecular weight is 394 g/mol. The van der Waals surface area contributed by atoms with Crippen molar-refractivity contribution in [2.24, 2.45) is 5.92 Å². The fourth-order valence-electron chi connectivity index (χ4n) is 4.08. The molecule has 0 aromatic heterocycles. The van der Waals surface area contributed by atoms with E-state index in [1.54, 1.807) is 0 Å². The maximum Gasteiger partial charge on any atom is 0.251 e. The molecule has 150 valence electrons.